The first-order valence-corrected chi connectivity index (χ1v) is 9.67. The van der Waals surface area contributed by atoms with Crippen LogP contribution in [0.5, 0.6) is 0 Å². The lowest BCUT2D eigenvalue weighted by molar-refractivity contribution is -0.130. The number of amides is 1. The van der Waals surface area contributed by atoms with E-state index in [-0.39, 0.29) is 5.91 Å². The molecule has 1 saturated heterocycles. The largest absolute Gasteiger partial charge is 0.340 e. The van der Waals surface area contributed by atoms with E-state index in [0.29, 0.717) is 11.8 Å². The van der Waals surface area contributed by atoms with Crippen LogP contribution in [0.15, 0.2) is 41.3 Å². The van der Waals surface area contributed by atoms with Crippen molar-refractivity contribution in [1.82, 2.24) is 9.80 Å². The van der Waals surface area contributed by atoms with Crippen LogP contribution in [0.4, 0.5) is 0 Å². The van der Waals surface area contributed by atoms with Gasteiger partial charge in [-0.1, -0.05) is 35.9 Å². The van der Waals surface area contributed by atoms with E-state index in [1.54, 1.807) is 11.8 Å². The van der Waals surface area contributed by atoms with Crippen molar-refractivity contribution in [3.05, 3.63) is 41.4 Å². The standard InChI is InChI=1S/C19H23ClN2OS/c1-21(2)15-8-5-11-22(12-15)18(23)13-24-17-10-4-7-14-6-3-9-16(20)19(14)17/h3-4,6-7,9-10,15H,5,8,11-13H2,1-2H3. The normalized spacial score (nSPS) is 18.3. The molecule has 1 aliphatic heterocycles. The molecule has 0 saturated carbocycles. The zero-order valence-electron chi connectivity index (χ0n) is 14.2. The molecule has 3 nitrogen and oxygen atoms in total. The molecular formula is C19H23ClN2OS. The summed E-state index contributed by atoms with van der Waals surface area (Å²) in [5.74, 6) is 0.681. The predicted molar refractivity (Wildman–Crippen MR) is 103 cm³/mol. The van der Waals surface area contributed by atoms with E-state index in [2.05, 4.69) is 31.1 Å². The molecule has 3 rings (SSSR count). The number of likely N-dealkylation sites (tertiary alicyclic amines) is 1. The summed E-state index contributed by atoms with van der Waals surface area (Å²) >= 11 is 7.95. The summed E-state index contributed by atoms with van der Waals surface area (Å²) < 4.78 is 0. The molecule has 0 spiro atoms. The summed E-state index contributed by atoms with van der Waals surface area (Å²) in [6, 6.07) is 12.5. The molecule has 0 aliphatic carbocycles. The van der Waals surface area contributed by atoms with Crippen LogP contribution in [0, 0.1) is 0 Å². The lowest BCUT2D eigenvalue weighted by Crippen LogP contribution is -2.48. The maximum absolute atomic E-state index is 12.6. The van der Waals surface area contributed by atoms with E-state index >= 15 is 0 Å². The molecular weight excluding hydrogens is 340 g/mol. The van der Waals surface area contributed by atoms with Gasteiger partial charge in [0.25, 0.3) is 0 Å². The number of hydrogen-bond donors (Lipinski definition) is 0. The van der Waals surface area contributed by atoms with E-state index in [9.17, 15) is 4.79 Å². The Morgan fingerprint density at radius 2 is 2.04 bits per heavy atom. The maximum Gasteiger partial charge on any atom is 0.232 e. The van der Waals surface area contributed by atoms with Gasteiger partial charge in [0, 0.05) is 34.4 Å². The Labute approximate surface area is 152 Å². The zero-order chi connectivity index (χ0) is 17.1. The predicted octanol–water partition coefficient (Wildman–Crippen LogP) is 4.14. The van der Waals surface area contributed by atoms with Crippen molar-refractivity contribution in [2.45, 2.75) is 23.8 Å². The van der Waals surface area contributed by atoms with E-state index in [1.165, 1.54) is 6.42 Å². The van der Waals surface area contributed by atoms with Crippen molar-refractivity contribution in [2.24, 2.45) is 0 Å². The van der Waals surface area contributed by atoms with Crippen molar-refractivity contribution >= 4 is 40.0 Å². The van der Waals surface area contributed by atoms with Crippen LogP contribution in [-0.4, -0.2) is 54.7 Å². The van der Waals surface area contributed by atoms with Gasteiger partial charge in [0.1, 0.15) is 0 Å². The molecule has 2 aromatic rings. The maximum atomic E-state index is 12.6. The van der Waals surface area contributed by atoms with Crippen LogP contribution in [0.25, 0.3) is 10.8 Å². The number of halogens is 1. The monoisotopic (exact) mass is 362 g/mol. The number of fused-ring (bicyclic) bond motifs is 1. The van der Waals surface area contributed by atoms with E-state index in [1.807, 2.05) is 29.2 Å². The van der Waals surface area contributed by atoms with Crippen molar-refractivity contribution in [1.29, 1.82) is 0 Å². The minimum Gasteiger partial charge on any atom is -0.340 e. The van der Waals surface area contributed by atoms with Crippen LogP contribution in [0.1, 0.15) is 12.8 Å². The molecule has 128 valence electrons. The van der Waals surface area contributed by atoms with Gasteiger partial charge in [0.05, 0.1) is 5.75 Å². The Bertz CT molecular complexity index is 729. The summed E-state index contributed by atoms with van der Waals surface area (Å²) in [6.45, 7) is 1.71. The second kappa shape index (κ2) is 7.77. The van der Waals surface area contributed by atoms with Crippen LogP contribution in [0.2, 0.25) is 5.02 Å². The topological polar surface area (TPSA) is 23.6 Å². The first-order chi connectivity index (χ1) is 11.6. The molecule has 0 radical (unpaired) electrons. The molecule has 1 heterocycles. The lowest BCUT2D eigenvalue weighted by atomic mass is 10.1. The van der Waals surface area contributed by atoms with E-state index < -0.39 is 0 Å². The fourth-order valence-electron chi connectivity index (χ4n) is 3.22. The number of benzene rings is 2. The Balaban J connectivity index is 1.69. The third-order valence-electron chi connectivity index (χ3n) is 4.65. The Morgan fingerprint density at radius 1 is 1.29 bits per heavy atom. The van der Waals surface area contributed by atoms with Gasteiger partial charge in [-0.25, -0.2) is 0 Å². The van der Waals surface area contributed by atoms with Gasteiger partial charge < -0.3 is 9.80 Å². The zero-order valence-corrected chi connectivity index (χ0v) is 15.7. The Hall–Kier alpha value is -1.23. The first kappa shape index (κ1) is 17.6. The summed E-state index contributed by atoms with van der Waals surface area (Å²) in [7, 11) is 4.18. The minimum absolute atomic E-state index is 0.218. The highest BCUT2D eigenvalue weighted by Gasteiger charge is 2.24. The van der Waals surface area contributed by atoms with Gasteiger partial charge in [0.15, 0.2) is 0 Å². The number of hydrogen-bond acceptors (Lipinski definition) is 3. The molecule has 2 aromatic carbocycles. The summed E-state index contributed by atoms with van der Waals surface area (Å²) in [5.41, 5.74) is 0. The number of nitrogens with zero attached hydrogens (tertiary/aromatic N) is 2. The van der Waals surface area contributed by atoms with Gasteiger partial charge in [-0.05, 0) is 44.5 Å². The average Bonchev–Trinajstić information content (AvgIpc) is 2.60. The van der Waals surface area contributed by atoms with Crippen molar-refractivity contribution < 1.29 is 4.79 Å². The average molecular weight is 363 g/mol. The molecule has 1 amide bonds. The third-order valence-corrected chi connectivity index (χ3v) is 6.00. The highest BCUT2D eigenvalue weighted by atomic mass is 35.5. The Morgan fingerprint density at radius 3 is 2.79 bits per heavy atom. The fraction of sp³-hybridized carbons (Fsp3) is 0.421. The second-order valence-corrected chi connectivity index (χ2v) is 7.91. The molecule has 0 N–H and O–H groups in total. The number of carbonyl (C=O) groups is 1. The molecule has 5 heteroatoms. The summed E-state index contributed by atoms with van der Waals surface area (Å²) in [4.78, 5) is 17.9. The number of carbonyl (C=O) groups excluding carboxylic acids is 1. The minimum atomic E-state index is 0.218. The van der Waals surface area contributed by atoms with Gasteiger partial charge in [-0.3, -0.25) is 4.79 Å². The highest BCUT2D eigenvalue weighted by molar-refractivity contribution is 8.00. The second-order valence-electron chi connectivity index (χ2n) is 6.48. The smallest absolute Gasteiger partial charge is 0.232 e. The van der Waals surface area contributed by atoms with Crippen LogP contribution in [-0.2, 0) is 4.79 Å². The van der Waals surface area contributed by atoms with Crippen molar-refractivity contribution in [2.75, 3.05) is 32.9 Å². The highest BCUT2D eigenvalue weighted by Crippen LogP contribution is 2.33. The van der Waals surface area contributed by atoms with Gasteiger partial charge in [0.2, 0.25) is 5.91 Å². The van der Waals surface area contributed by atoms with Crippen LogP contribution in [0.3, 0.4) is 0 Å². The molecule has 1 unspecified atom stereocenters. The van der Waals surface area contributed by atoms with Gasteiger partial charge in [-0.2, -0.15) is 0 Å². The molecule has 1 aliphatic rings. The third kappa shape index (κ3) is 3.88. The number of rotatable bonds is 4. The van der Waals surface area contributed by atoms with Gasteiger partial charge in [-0.15, -0.1) is 11.8 Å². The molecule has 1 fully saturated rings. The fourth-order valence-corrected chi connectivity index (χ4v) is 4.56. The summed E-state index contributed by atoms with van der Waals surface area (Å²) in [6.07, 6.45) is 2.25. The van der Waals surface area contributed by atoms with Crippen LogP contribution >= 0.6 is 23.4 Å². The van der Waals surface area contributed by atoms with Crippen LogP contribution < -0.4 is 0 Å². The van der Waals surface area contributed by atoms with Crippen molar-refractivity contribution in [3.8, 4) is 0 Å². The molecule has 1 atom stereocenters. The SMILES string of the molecule is CN(C)C1CCCN(C(=O)CSc2cccc3cccc(Cl)c23)C1. The lowest BCUT2D eigenvalue weighted by Gasteiger charge is -2.36. The Kier molecular flexibility index (Phi) is 5.69. The van der Waals surface area contributed by atoms with Crippen molar-refractivity contribution in [3.63, 3.8) is 0 Å². The van der Waals surface area contributed by atoms with E-state index in [4.69, 9.17) is 11.6 Å². The summed E-state index contributed by atoms with van der Waals surface area (Å²) in [5, 5.41) is 2.91. The quantitative estimate of drug-likeness (QED) is 0.764. The van der Waals surface area contributed by atoms with Gasteiger partial charge >= 0.3 is 0 Å². The molecule has 24 heavy (non-hydrogen) atoms. The number of piperidine rings is 1. The van der Waals surface area contributed by atoms with E-state index in [0.717, 1.165) is 40.2 Å². The molecule has 0 bridgehead atoms. The molecule has 0 aromatic heterocycles. The first-order valence-electron chi connectivity index (χ1n) is 8.30. The number of likely N-dealkylation sites (N-methyl/N-ethyl adjacent to an activating group) is 1. The number of thioether (sulfide) groups is 1.